The summed E-state index contributed by atoms with van der Waals surface area (Å²) in [6.07, 6.45) is 5.35. The van der Waals surface area contributed by atoms with Gasteiger partial charge >= 0.3 is 6.09 Å². The van der Waals surface area contributed by atoms with Crippen molar-refractivity contribution in [3.63, 3.8) is 0 Å². The van der Waals surface area contributed by atoms with Crippen molar-refractivity contribution in [2.75, 3.05) is 31.1 Å². The number of anilines is 1. The minimum atomic E-state index is -0.480. The lowest BCUT2D eigenvalue weighted by Gasteiger charge is -2.33. The van der Waals surface area contributed by atoms with Gasteiger partial charge in [0.1, 0.15) is 17.2 Å². The Bertz CT molecular complexity index is 1060. The van der Waals surface area contributed by atoms with E-state index in [1.165, 1.54) is 6.20 Å². The van der Waals surface area contributed by atoms with Crippen LogP contribution in [0.5, 0.6) is 0 Å². The van der Waals surface area contributed by atoms with Gasteiger partial charge in [-0.05, 0) is 25.7 Å². The van der Waals surface area contributed by atoms with E-state index in [1.54, 1.807) is 11.8 Å². The molecule has 4 rings (SSSR count). The second kappa shape index (κ2) is 10.1. The number of hydrogen-bond acceptors (Lipinski definition) is 8. The van der Waals surface area contributed by atoms with Crippen LogP contribution in [0.15, 0.2) is 16.1 Å². The Kier molecular flexibility index (Phi) is 7.03. The number of halogens is 1. The van der Waals surface area contributed by atoms with Gasteiger partial charge in [0.2, 0.25) is 5.91 Å². The number of H-pyrrole nitrogens is 1. The summed E-state index contributed by atoms with van der Waals surface area (Å²) < 4.78 is 5.56. The lowest BCUT2D eigenvalue weighted by atomic mass is 9.98. The highest BCUT2D eigenvalue weighted by atomic mass is 35.5. The Morgan fingerprint density at radius 3 is 2.88 bits per heavy atom. The maximum atomic E-state index is 12.6. The van der Waals surface area contributed by atoms with Crippen molar-refractivity contribution in [1.29, 1.82) is 0 Å². The molecule has 2 amide bonds. The Morgan fingerprint density at radius 2 is 2.12 bits per heavy atom. The fraction of sp³-hybridized carbons (Fsp3) is 0.571. The van der Waals surface area contributed by atoms with E-state index in [9.17, 15) is 14.4 Å². The fourth-order valence-electron chi connectivity index (χ4n) is 4.13. The van der Waals surface area contributed by atoms with Crippen LogP contribution in [0.4, 0.5) is 10.5 Å². The first-order chi connectivity index (χ1) is 15.9. The highest BCUT2D eigenvalue weighted by molar-refractivity contribution is 6.33. The van der Waals surface area contributed by atoms with E-state index >= 15 is 0 Å². The van der Waals surface area contributed by atoms with Crippen molar-refractivity contribution in [2.45, 2.75) is 44.8 Å². The Labute approximate surface area is 195 Å². The van der Waals surface area contributed by atoms with E-state index in [-0.39, 0.29) is 35.4 Å². The molecule has 33 heavy (non-hydrogen) atoms. The second-order valence-corrected chi connectivity index (χ2v) is 8.66. The van der Waals surface area contributed by atoms with Crippen LogP contribution < -0.4 is 15.8 Å². The van der Waals surface area contributed by atoms with E-state index in [0.29, 0.717) is 56.8 Å². The summed E-state index contributed by atoms with van der Waals surface area (Å²) in [4.78, 5) is 45.0. The molecule has 2 N–H and O–H groups in total. The summed E-state index contributed by atoms with van der Waals surface area (Å²) in [5.41, 5.74) is 0.770. The molecule has 1 aromatic heterocycles. The number of aromatic nitrogens is 2. The van der Waals surface area contributed by atoms with Crippen LogP contribution in [0.2, 0.25) is 5.02 Å². The van der Waals surface area contributed by atoms with E-state index < -0.39 is 11.7 Å². The number of piperidine rings is 1. The highest BCUT2D eigenvalue weighted by Gasteiger charge is 2.30. The van der Waals surface area contributed by atoms with Gasteiger partial charge < -0.3 is 24.7 Å². The maximum Gasteiger partial charge on any atom is 0.407 e. The van der Waals surface area contributed by atoms with Gasteiger partial charge in [-0.1, -0.05) is 16.8 Å². The van der Waals surface area contributed by atoms with E-state index in [2.05, 4.69) is 32.7 Å². The molecule has 0 bridgehead atoms. The minimum Gasteiger partial charge on any atom is -0.444 e. The molecule has 0 radical (unpaired) electrons. The normalized spacial score (nSPS) is 22.7. The first-order valence-electron chi connectivity index (χ1n) is 10.8. The summed E-state index contributed by atoms with van der Waals surface area (Å²) in [7, 11) is 0. The number of carbonyl (C=O) groups is 2. The molecule has 3 aliphatic rings. The smallest absolute Gasteiger partial charge is 0.407 e. The van der Waals surface area contributed by atoms with Crippen LogP contribution in [0.25, 0.3) is 0 Å². The van der Waals surface area contributed by atoms with Gasteiger partial charge in [-0.15, -0.1) is 0 Å². The van der Waals surface area contributed by atoms with E-state index in [0.717, 1.165) is 0 Å². The number of likely N-dealkylation sites (tertiary alicyclic amines) is 1. The zero-order chi connectivity index (χ0) is 23.4. The molecule has 12 heteroatoms. The average molecular weight is 477 g/mol. The molecule has 2 atom stereocenters. The number of nitrogens with one attached hydrogen (secondary N) is 2. The van der Waals surface area contributed by atoms with Gasteiger partial charge in [-0.3, -0.25) is 9.59 Å². The topological polar surface area (TPSA) is 129 Å². The van der Waals surface area contributed by atoms with Gasteiger partial charge in [0.25, 0.3) is 5.56 Å². The number of ether oxygens (including phenoxy) is 1. The van der Waals surface area contributed by atoms with Crippen LogP contribution in [0, 0.1) is 17.9 Å². The molecule has 4 heterocycles. The third-order valence-electron chi connectivity index (χ3n) is 6.06. The van der Waals surface area contributed by atoms with Gasteiger partial charge in [0.05, 0.1) is 30.1 Å². The molecule has 11 nitrogen and oxygen atoms in total. The standard InChI is InChI=1S/C21H25ClN6O5/c1-13-14(5-9-32-26-13)10-18(29)27-6-2-15(3-7-27)24-21(31)33-16-4-8-28(12-16)17-11-23-25-20(30)19(17)22/h11,14-16H,2-4,6-8,10,12H2,1H3,(H,24,31)(H,25,30)/t14?,16-/m1/s1. The summed E-state index contributed by atoms with van der Waals surface area (Å²) >= 11 is 6.06. The first-order valence-corrected chi connectivity index (χ1v) is 11.2. The molecule has 1 aromatic rings. The molecule has 0 aliphatic carbocycles. The quantitative estimate of drug-likeness (QED) is 0.608. The van der Waals surface area contributed by atoms with Gasteiger partial charge in [-0.2, -0.15) is 5.10 Å². The molecule has 0 aromatic carbocycles. The summed E-state index contributed by atoms with van der Waals surface area (Å²) in [5.74, 6) is 2.67. The van der Waals surface area contributed by atoms with Crippen molar-refractivity contribution in [1.82, 2.24) is 20.4 Å². The second-order valence-electron chi connectivity index (χ2n) is 8.29. The maximum absolute atomic E-state index is 12.6. The average Bonchev–Trinajstić information content (AvgIpc) is 3.25. The third-order valence-corrected chi connectivity index (χ3v) is 6.42. The number of aromatic amines is 1. The Hall–Kier alpha value is -3.26. The molecule has 176 valence electrons. The van der Waals surface area contributed by atoms with Crippen molar-refractivity contribution in [3.05, 3.63) is 21.6 Å². The fourth-order valence-corrected chi connectivity index (χ4v) is 4.34. The number of hydrogen-bond donors (Lipinski definition) is 2. The number of oxime groups is 1. The van der Waals surface area contributed by atoms with Crippen LogP contribution >= 0.6 is 11.6 Å². The third kappa shape index (κ3) is 5.57. The zero-order valence-corrected chi connectivity index (χ0v) is 18.9. The Morgan fingerprint density at radius 1 is 1.33 bits per heavy atom. The zero-order valence-electron chi connectivity index (χ0n) is 18.2. The number of rotatable bonds is 5. The number of alkyl carbamates (subject to hydrolysis) is 1. The molecule has 2 saturated heterocycles. The van der Waals surface area contributed by atoms with Gasteiger partial charge in [0, 0.05) is 38.5 Å². The summed E-state index contributed by atoms with van der Waals surface area (Å²) in [5, 5.41) is 12.8. The van der Waals surface area contributed by atoms with Crippen molar-refractivity contribution in [3.8, 4) is 12.0 Å². The Balaban J connectivity index is 1.19. The molecular formula is C21H25ClN6O5. The number of amides is 2. The van der Waals surface area contributed by atoms with Crippen LogP contribution in [0.1, 0.15) is 32.6 Å². The lowest BCUT2D eigenvalue weighted by molar-refractivity contribution is -0.132. The monoisotopic (exact) mass is 476 g/mol. The largest absolute Gasteiger partial charge is 0.444 e. The van der Waals surface area contributed by atoms with Gasteiger partial charge in [0.15, 0.2) is 0 Å². The minimum absolute atomic E-state index is 0.0192. The van der Waals surface area contributed by atoms with E-state index in [1.807, 2.05) is 4.90 Å². The summed E-state index contributed by atoms with van der Waals surface area (Å²) in [6.45, 7) is 3.94. The van der Waals surface area contributed by atoms with Crippen molar-refractivity contribution >= 4 is 35.0 Å². The predicted molar refractivity (Wildman–Crippen MR) is 120 cm³/mol. The van der Waals surface area contributed by atoms with E-state index in [4.69, 9.17) is 21.2 Å². The molecule has 0 saturated carbocycles. The molecule has 2 fully saturated rings. The predicted octanol–water partition coefficient (Wildman–Crippen LogP) is 1.09. The van der Waals surface area contributed by atoms with Crippen LogP contribution in [-0.2, 0) is 14.4 Å². The van der Waals surface area contributed by atoms with Crippen LogP contribution in [-0.4, -0.2) is 71.1 Å². The molecule has 3 aliphatic heterocycles. The highest BCUT2D eigenvalue weighted by Crippen LogP contribution is 2.26. The van der Waals surface area contributed by atoms with Crippen LogP contribution in [0.3, 0.4) is 0 Å². The van der Waals surface area contributed by atoms with Crippen molar-refractivity contribution < 1.29 is 19.2 Å². The first kappa shape index (κ1) is 22.9. The van der Waals surface area contributed by atoms with Gasteiger partial charge in [-0.25, -0.2) is 9.89 Å². The van der Waals surface area contributed by atoms with Crippen molar-refractivity contribution in [2.24, 2.45) is 11.1 Å². The number of carbonyl (C=O) groups excluding carboxylic acids is 2. The molecular weight excluding hydrogens is 452 g/mol. The lowest BCUT2D eigenvalue weighted by Crippen LogP contribution is -2.47. The summed E-state index contributed by atoms with van der Waals surface area (Å²) in [6, 6.07) is -0.0587. The molecule has 0 spiro atoms. The molecule has 1 unspecified atom stereocenters. The number of nitrogens with zero attached hydrogens (tertiary/aromatic N) is 4. The SMILES string of the molecule is CC1=NOC#CC1CC(=O)N1CCC(NC(=O)O[C@@H]2CCN(c3cn[nH]c(=O)c3Cl)C2)CC1.